The average molecular weight is 268 g/mol. The van der Waals surface area contributed by atoms with Crippen LogP contribution in [0.2, 0.25) is 0 Å². The predicted molar refractivity (Wildman–Crippen MR) is 81.8 cm³/mol. The van der Waals surface area contributed by atoms with Gasteiger partial charge in [0.15, 0.2) is 0 Å². The van der Waals surface area contributed by atoms with E-state index in [0.717, 1.165) is 23.1 Å². The Morgan fingerprint density at radius 1 is 1.00 bits per heavy atom. The van der Waals surface area contributed by atoms with E-state index in [4.69, 9.17) is 0 Å². The third kappa shape index (κ3) is 2.74. The first-order valence-corrected chi connectivity index (χ1v) is 6.97. The van der Waals surface area contributed by atoms with Crippen LogP contribution in [0.15, 0.2) is 54.6 Å². The Bertz CT molecular complexity index is 572. The minimum Gasteiger partial charge on any atom is -0.481 e. The number of hydrogen-bond donors (Lipinski definition) is 1. The molecule has 0 aliphatic carbocycles. The molecule has 2 nitrogen and oxygen atoms in total. The van der Waals surface area contributed by atoms with Crippen molar-refractivity contribution >= 4 is 5.97 Å². The molecule has 0 fully saturated rings. The van der Waals surface area contributed by atoms with Crippen molar-refractivity contribution in [3.8, 4) is 11.1 Å². The molecular weight excluding hydrogens is 248 g/mol. The van der Waals surface area contributed by atoms with Crippen molar-refractivity contribution in [2.75, 3.05) is 0 Å². The van der Waals surface area contributed by atoms with Crippen LogP contribution in [-0.4, -0.2) is 11.1 Å². The largest absolute Gasteiger partial charge is 0.481 e. The van der Waals surface area contributed by atoms with Crippen LogP contribution >= 0.6 is 0 Å². The molecule has 0 radical (unpaired) electrons. The molecule has 0 spiro atoms. The maximum Gasteiger partial charge on any atom is 0.313 e. The summed E-state index contributed by atoms with van der Waals surface area (Å²) in [6, 6.07) is 18.0. The summed E-state index contributed by atoms with van der Waals surface area (Å²) in [5.41, 5.74) is 2.32. The van der Waals surface area contributed by atoms with Crippen molar-refractivity contribution in [3.05, 3.63) is 60.2 Å². The molecule has 0 heterocycles. The maximum atomic E-state index is 11.6. The molecule has 20 heavy (non-hydrogen) atoms. The Labute approximate surface area is 120 Å². The molecule has 2 rings (SSSR count). The van der Waals surface area contributed by atoms with Gasteiger partial charge < -0.3 is 5.11 Å². The second kappa shape index (κ2) is 5.91. The van der Waals surface area contributed by atoms with E-state index in [-0.39, 0.29) is 0 Å². The first-order valence-electron chi connectivity index (χ1n) is 6.97. The van der Waals surface area contributed by atoms with Gasteiger partial charge in [0.05, 0.1) is 5.41 Å². The van der Waals surface area contributed by atoms with Crippen LogP contribution in [0.1, 0.15) is 32.3 Å². The molecule has 104 valence electrons. The molecule has 1 unspecified atom stereocenters. The summed E-state index contributed by atoms with van der Waals surface area (Å²) >= 11 is 0. The molecule has 2 aromatic rings. The minimum atomic E-state index is -0.802. The fourth-order valence-corrected chi connectivity index (χ4v) is 2.54. The van der Waals surface area contributed by atoms with Crippen LogP contribution in [0, 0.1) is 0 Å². The Morgan fingerprint density at radius 3 is 2.05 bits per heavy atom. The van der Waals surface area contributed by atoms with Crippen LogP contribution in [0.25, 0.3) is 11.1 Å². The van der Waals surface area contributed by atoms with Gasteiger partial charge in [0.2, 0.25) is 0 Å². The van der Waals surface area contributed by atoms with Crippen molar-refractivity contribution in [2.24, 2.45) is 0 Å². The van der Waals surface area contributed by atoms with Crippen molar-refractivity contribution in [3.63, 3.8) is 0 Å². The topological polar surface area (TPSA) is 37.3 Å². The summed E-state index contributed by atoms with van der Waals surface area (Å²) in [7, 11) is 0. The van der Waals surface area contributed by atoms with Gasteiger partial charge in [0, 0.05) is 0 Å². The van der Waals surface area contributed by atoms with Gasteiger partial charge >= 0.3 is 5.97 Å². The fraction of sp³-hybridized carbons (Fsp3) is 0.278. The molecule has 0 aromatic heterocycles. The Balaban J connectivity index is 2.34. The standard InChI is InChI=1S/C18H20O2/c1-3-13-18(2,17(19)20)16-11-9-15(10-12-16)14-7-5-4-6-8-14/h4-12H,3,13H2,1-2H3,(H,19,20). The summed E-state index contributed by atoms with van der Waals surface area (Å²) in [6.07, 6.45) is 1.50. The van der Waals surface area contributed by atoms with Crippen LogP contribution in [0.4, 0.5) is 0 Å². The molecule has 0 saturated carbocycles. The zero-order chi connectivity index (χ0) is 14.6. The van der Waals surface area contributed by atoms with E-state index in [9.17, 15) is 9.90 Å². The van der Waals surface area contributed by atoms with Crippen LogP contribution < -0.4 is 0 Å². The molecule has 2 heteroatoms. The second-order valence-corrected chi connectivity index (χ2v) is 5.33. The Hall–Kier alpha value is -2.09. The molecule has 2 aromatic carbocycles. The van der Waals surface area contributed by atoms with Gasteiger partial charge in [-0.05, 0) is 30.0 Å². The fourth-order valence-electron chi connectivity index (χ4n) is 2.54. The second-order valence-electron chi connectivity index (χ2n) is 5.33. The van der Waals surface area contributed by atoms with Gasteiger partial charge in [-0.15, -0.1) is 0 Å². The van der Waals surface area contributed by atoms with Crippen LogP contribution in [0.5, 0.6) is 0 Å². The molecule has 1 atom stereocenters. The van der Waals surface area contributed by atoms with Crippen molar-refractivity contribution in [1.29, 1.82) is 0 Å². The lowest BCUT2D eigenvalue weighted by Crippen LogP contribution is -2.32. The zero-order valence-corrected chi connectivity index (χ0v) is 12.0. The summed E-state index contributed by atoms with van der Waals surface area (Å²) in [5, 5.41) is 9.50. The highest BCUT2D eigenvalue weighted by atomic mass is 16.4. The number of rotatable bonds is 5. The predicted octanol–water partition coefficient (Wildman–Crippen LogP) is 4.50. The molecule has 0 aliphatic heterocycles. The molecule has 1 N–H and O–H groups in total. The third-order valence-electron chi connectivity index (χ3n) is 3.85. The van der Waals surface area contributed by atoms with Crippen molar-refractivity contribution in [2.45, 2.75) is 32.1 Å². The van der Waals surface area contributed by atoms with E-state index in [1.165, 1.54) is 0 Å². The lowest BCUT2D eigenvalue weighted by molar-refractivity contribution is -0.143. The molecule has 0 amide bonds. The highest BCUT2D eigenvalue weighted by molar-refractivity contribution is 5.81. The number of carboxylic acid groups (broad SMARTS) is 1. The summed E-state index contributed by atoms with van der Waals surface area (Å²) in [4.78, 5) is 11.6. The van der Waals surface area contributed by atoms with Gasteiger partial charge in [-0.25, -0.2) is 0 Å². The molecule has 0 bridgehead atoms. The van der Waals surface area contributed by atoms with E-state index in [1.54, 1.807) is 6.92 Å². The van der Waals surface area contributed by atoms with Gasteiger partial charge in [0.1, 0.15) is 0 Å². The number of carboxylic acids is 1. The highest BCUT2D eigenvalue weighted by Crippen LogP contribution is 2.31. The van der Waals surface area contributed by atoms with Gasteiger partial charge in [-0.2, -0.15) is 0 Å². The molecule has 0 aliphatic rings. The van der Waals surface area contributed by atoms with Crippen molar-refractivity contribution < 1.29 is 9.90 Å². The van der Waals surface area contributed by atoms with Gasteiger partial charge in [-0.3, -0.25) is 4.79 Å². The number of aliphatic carboxylic acids is 1. The number of benzene rings is 2. The normalized spacial score (nSPS) is 13.7. The zero-order valence-electron chi connectivity index (χ0n) is 12.0. The van der Waals surface area contributed by atoms with E-state index in [0.29, 0.717) is 6.42 Å². The summed E-state index contributed by atoms with van der Waals surface area (Å²) in [6.45, 7) is 3.82. The molecular formula is C18H20O2. The first kappa shape index (κ1) is 14.3. The van der Waals surface area contributed by atoms with Crippen LogP contribution in [-0.2, 0) is 10.2 Å². The maximum absolute atomic E-state index is 11.6. The van der Waals surface area contributed by atoms with E-state index in [2.05, 4.69) is 12.1 Å². The van der Waals surface area contributed by atoms with Crippen molar-refractivity contribution in [1.82, 2.24) is 0 Å². The van der Waals surface area contributed by atoms with E-state index in [1.807, 2.05) is 49.4 Å². The average Bonchev–Trinajstić information content (AvgIpc) is 2.48. The molecule has 0 saturated heterocycles. The first-order chi connectivity index (χ1) is 9.58. The highest BCUT2D eigenvalue weighted by Gasteiger charge is 2.33. The number of carbonyl (C=O) groups is 1. The summed E-state index contributed by atoms with van der Waals surface area (Å²) < 4.78 is 0. The Morgan fingerprint density at radius 2 is 1.55 bits per heavy atom. The van der Waals surface area contributed by atoms with Crippen LogP contribution in [0.3, 0.4) is 0 Å². The van der Waals surface area contributed by atoms with Gasteiger partial charge in [0.25, 0.3) is 0 Å². The van der Waals surface area contributed by atoms with E-state index >= 15 is 0 Å². The Kier molecular flexibility index (Phi) is 4.23. The quantitative estimate of drug-likeness (QED) is 0.867. The lowest BCUT2D eigenvalue weighted by atomic mass is 9.78. The SMILES string of the molecule is CCCC(C)(C(=O)O)c1ccc(-c2ccccc2)cc1. The van der Waals surface area contributed by atoms with Gasteiger partial charge in [-0.1, -0.05) is 67.9 Å². The van der Waals surface area contributed by atoms with E-state index < -0.39 is 11.4 Å². The third-order valence-corrected chi connectivity index (χ3v) is 3.85. The monoisotopic (exact) mass is 268 g/mol. The summed E-state index contributed by atoms with van der Waals surface area (Å²) in [5.74, 6) is -0.758. The lowest BCUT2D eigenvalue weighted by Gasteiger charge is -2.25. The number of hydrogen-bond acceptors (Lipinski definition) is 1. The minimum absolute atomic E-state index is 0.646. The smallest absolute Gasteiger partial charge is 0.313 e.